The van der Waals surface area contributed by atoms with E-state index in [4.69, 9.17) is 27.9 Å². The molecule has 0 spiro atoms. The Hall–Kier alpha value is -1.78. The number of hydrogen-bond acceptors (Lipinski definition) is 3. The summed E-state index contributed by atoms with van der Waals surface area (Å²) in [7, 11) is 0. The Labute approximate surface area is 146 Å². The summed E-state index contributed by atoms with van der Waals surface area (Å²) in [6.45, 7) is 7.31. The number of ether oxygens (including phenoxy) is 1. The van der Waals surface area contributed by atoms with Gasteiger partial charge >= 0.3 is 6.09 Å². The molecule has 0 aliphatic carbocycles. The first-order chi connectivity index (χ1) is 10.7. The quantitative estimate of drug-likeness (QED) is 0.688. The number of carbonyl (C=O) groups excluding carboxylic acids is 1. The van der Waals surface area contributed by atoms with E-state index in [9.17, 15) is 4.79 Å². The van der Waals surface area contributed by atoms with Crippen molar-refractivity contribution in [1.29, 1.82) is 0 Å². The van der Waals surface area contributed by atoms with Gasteiger partial charge in [0.15, 0.2) is 0 Å². The molecule has 0 saturated heterocycles. The minimum atomic E-state index is -0.649. The first kappa shape index (κ1) is 17.6. The Balaban J connectivity index is 2.55. The fourth-order valence-corrected chi connectivity index (χ4v) is 2.29. The van der Waals surface area contributed by atoms with Crippen molar-refractivity contribution in [2.45, 2.75) is 33.3 Å². The highest BCUT2D eigenvalue weighted by Crippen LogP contribution is 2.34. The van der Waals surface area contributed by atoms with Crippen molar-refractivity contribution < 1.29 is 9.53 Å². The maximum Gasteiger partial charge on any atom is 0.420 e. The Kier molecular flexibility index (Phi) is 5.17. The van der Waals surface area contributed by atoms with Gasteiger partial charge in [-0.2, -0.15) is 0 Å². The number of amides is 1. The molecule has 23 heavy (non-hydrogen) atoms. The van der Waals surface area contributed by atoms with Crippen LogP contribution in [0.15, 0.2) is 36.5 Å². The molecule has 122 valence electrons. The standard InChI is InChI=1S/C17H18Cl2N2O2/c1-11-7-8-20-15(9-11)21(16(22)23-17(2,3)4)14-10-12(18)5-6-13(14)19/h5-10H,1-4H3. The van der Waals surface area contributed by atoms with Gasteiger partial charge in [-0.15, -0.1) is 0 Å². The Morgan fingerprint density at radius 3 is 2.48 bits per heavy atom. The lowest BCUT2D eigenvalue weighted by atomic mass is 10.2. The molecule has 0 radical (unpaired) electrons. The third-order valence-electron chi connectivity index (χ3n) is 2.86. The van der Waals surface area contributed by atoms with E-state index in [1.54, 1.807) is 51.2 Å². The molecule has 1 aromatic heterocycles. The monoisotopic (exact) mass is 352 g/mol. The van der Waals surface area contributed by atoms with Crippen LogP contribution in [0.25, 0.3) is 0 Å². The molecule has 0 unspecified atom stereocenters. The predicted octanol–water partition coefficient (Wildman–Crippen LogP) is 5.77. The summed E-state index contributed by atoms with van der Waals surface area (Å²) in [5, 5.41) is 0.842. The molecule has 0 fully saturated rings. The lowest BCUT2D eigenvalue weighted by Gasteiger charge is -2.27. The van der Waals surface area contributed by atoms with E-state index in [2.05, 4.69) is 4.98 Å². The first-order valence-electron chi connectivity index (χ1n) is 7.08. The van der Waals surface area contributed by atoms with Gasteiger partial charge in [0.1, 0.15) is 11.4 Å². The Bertz CT molecular complexity index is 727. The maximum absolute atomic E-state index is 12.7. The molecule has 0 aliphatic rings. The second-order valence-corrected chi connectivity index (χ2v) is 6.95. The molecule has 0 bridgehead atoms. The average molecular weight is 353 g/mol. The maximum atomic E-state index is 12.7. The van der Waals surface area contributed by atoms with E-state index in [1.165, 1.54) is 4.90 Å². The van der Waals surface area contributed by atoms with Crippen LogP contribution < -0.4 is 4.90 Å². The number of halogens is 2. The first-order valence-corrected chi connectivity index (χ1v) is 7.84. The van der Waals surface area contributed by atoms with Crippen molar-refractivity contribution in [3.05, 3.63) is 52.1 Å². The average Bonchev–Trinajstić information content (AvgIpc) is 2.41. The topological polar surface area (TPSA) is 42.4 Å². The van der Waals surface area contributed by atoms with Crippen LogP contribution in [0.2, 0.25) is 10.0 Å². The van der Waals surface area contributed by atoms with Crippen LogP contribution in [0.3, 0.4) is 0 Å². The highest BCUT2D eigenvalue weighted by atomic mass is 35.5. The van der Waals surface area contributed by atoms with Gasteiger partial charge in [0.05, 0.1) is 10.7 Å². The van der Waals surface area contributed by atoms with E-state index in [0.717, 1.165) is 5.56 Å². The molecule has 2 aromatic rings. The molecule has 1 amide bonds. The zero-order chi connectivity index (χ0) is 17.2. The highest BCUT2D eigenvalue weighted by molar-refractivity contribution is 6.36. The molecule has 1 aromatic carbocycles. The molecule has 4 nitrogen and oxygen atoms in total. The fraction of sp³-hybridized carbons (Fsp3) is 0.294. The van der Waals surface area contributed by atoms with E-state index in [-0.39, 0.29) is 0 Å². The number of hydrogen-bond donors (Lipinski definition) is 0. The molecular weight excluding hydrogens is 335 g/mol. The number of aryl methyl sites for hydroxylation is 1. The van der Waals surface area contributed by atoms with Crippen LogP contribution in [0.1, 0.15) is 26.3 Å². The van der Waals surface area contributed by atoms with Gasteiger partial charge in [0, 0.05) is 11.2 Å². The van der Waals surface area contributed by atoms with E-state index in [1.807, 2.05) is 13.0 Å². The van der Waals surface area contributed by atoms with Crippen LogP contribution in [0, 0.1) is 6.92 Å². The summed E-state index contributed by atoms with van der Waals surface area (Å²) >= 11 is 12.3. The fourth-order valence-electron chi connectivity index (χ4n) is 1.92. The number of pyridine rings is 1. The molecule has 0 saturated carbocycles. The SMILES string of the molecule is Cc1ccnc(N(C(=O)OC(C)(C)C)c2cc(Cl)ccc2Cl)c1. The van der Waals surface area contributed by atoms with Crippen molar-refractivity contribution >= 4 is 40.8 Å². The minimum absolute atomic E-state index is 0.378. The Morgan fingerprint density at radius 1 is 1.17 bits per heavy atom. The summed E-state index contributed by atoms with van der Waals surface area (Å²) in [4.78, 5) is 18.3. The van der Waals surface area contributed by atoms with Gasteiger partial charge < -0.3 is 4.74 Å². The third kappa shape index (κ3) is 4.60. The highest BCUT2D eigenvalue weighted by Gasteiger charge is 2.27. The number of benzene rings is 1. The number of nitrogens with zero attached hydrogens (tertiary/aromatic N) is 2. The van der Waals surface area contributed by atoms with Crippen LogP contribution in [0.5, 0.6) is 0 Å². The predicted molar refractivity (Wildman–Crippen MR) is 93.8 cm³/mol. The Morgan fingerprint density at radius 2 is 1.87 bits per heavy atom. The zero-order valence-electron chi connectivity index (χ0n) is 13.4. The zero-order valence-corrected chi connectivity index (χ0v) is 14.9. The second kappa shape index (κ2) is 6.77. The van der Waals surface area contributed by atoms with Crippen molar-refractivity contribution in [1.82, 2.24) is 4.98 Å². The summed E-state index contributed by atoms with van der Waals surface area (Å²) in [6, 6.07) is 8.52. The van der Waals surface area contributed by atoms with E-state index < -0.39 is 11.7 Å². The lowest BCUT2D eigenvalue weighted by Crippen LogP contribution is -2.34. The van der Waals surface area contributed by atoms with Crippen LogP contribution in [-0.2, 0) is 4.74 Å². The normalized spacial score (nSPS) is 11.2. The molecule has 2 rings (SSSR count). The van der Waals surface area contributed by atoms with Crippen molar-refractivity contribution in [3.63, 3.8) is 0 Å². The molecule has 0 N–H and O–H groups in total. The van der Waals surface area contributed by atoms with Crippen LogP contribution in [-0.4, -0.2) is 16.7 Å². The lowest BCUT2D eigenvalue weighted by molar-refractivity contribution is 0.0598. The molecular formula is C17H18Cl2N2O2. The number of anilines is 2. The smallest absolute Gasteiger partial charge is 0.420 e. The second-order valence-electron chi connectivity index (χ2n) is 6.10. The molecule has 0 atom stereocenters. The summed E-state index contributed by atoms with van der Waals surface area (Å²) in [5.74, 6) is 0.420. The van der Waals surface area contributed by atoms with Gasteiger partial charge in [0.25, 0.3) is 0 Å². The number of aromatic nitrogens is 1. The van der Waals surface area contributed by atoms with Gasteiger partial charge in [-0.3, -0.25) is 0 Å². The summed E-state index contributed by atoms with van der Waals surface area (Å²) in [6.07, 6.45) is 1.06. The van der Waals surface area contributed by atoms with Gasteiger partial charge in [-0.25, -0.2) is 14.7 Å². The molecule has 1 heterocycles. The van der Waals surface area contributed by atoms with Crippen LogP contribution in [0.4, 0.5) is 16.3 Å². The summed E-state index contributed by atoms with van der Waals surface area (Å²) in [5.41, 5.74) is 0.734. The number of rotatable bonds is 2. The van der Waals surface area contributed by atoms with Crippen LogP contribution >= 0.6 is 23.2 Å². The third-order valence-corrected chi connectivity index (χ3v) is 3.41. The van der Waals surface area contributed by atoms with E-state index in [0.29, 0.717) is 21.6 Å². The molecule has 6 heteroatoms. The van der Waals surface area contributed by atoms with Crippen molar-refractivity contribution in [2.75, 3.05) is 4.90 Å². The van der Waals surface area contributed by atoms with Gasteiger partial charge in [-0.05, 0) is 63.6 Å². The molecule has 0 aliphatic heterocycles. The minimum Gasteiger partial charge on any atom is -0.443 e. The number of carbonyl (C=O) groups is 1. The summed E-state index contributed by atoms with van der Waals surface area (Å²) < 4.78 is 5.49. The largest absolute Gasteiger partial charge is 0.443 e. The van der Waals surface area contributed by atoms with E-state index >= 15 is 0 Å². The van der Waals surface area contributed by atoms with Crippen molar-refractivity contribution in [2.24, 2.45) is 0 Å². The van der Waals surface area contributed by atoms with Crippen molar-refractivity contribution in [3.8, 4) is 0 Å². The van der Waals surface area contributed by atoms with Gasteiger partial charge in [-0.1, -0.05) is 23.2 Å². The van der Waals surface area contributed by atoms with Gasteiger partial charge in [0.2, 0.25) is 0 Å².